The number of rotatable bonds is 4. The van der Waals surface area contributed by atoms with Gasteiger partial charge in [0.25, 0.3) is 0 Å². The van der Waals surface area contributed by atoms with E-state index in [0.717, 1.165) is 6.42 Å². The fourth-order valence-electron chi connectivity index (χ4n) is 2.47. The average molecular weight is 200 g/mol. The number of ether oxygens (including phenoxy) is 4. The summed E-state index contributed by atoms with van der Waals surface area (Å²) in [5.41, 5.74) is -0.269. The highest BCUT2D eigenvalue weighted by Crippen LogP contribution is 2.43. The van der Waals surface area contributed by atoms with E-state index < -0.39 is 0 Å². The summed E-state index contributed by atoms with van der Waals surface area (Å²) in [7, 11) is 5.42. The molecule has 0 aromatic rings. The molecule has 5 heteroatoms. The number of fused-ring (bicyclic) bond motifs is 2. The molecule has 0 saturated carbocycles. The topological polar surface area (TPSA) is 36.9 Å². The first-order valence-corrected chi connectivity index (χ1v) is 5.03. The Morgan fingerprint density at radius 3 is 2.79 bits per heavy atom. The van der Waals surface area contributed by atoms with E-state index in [4.69, 9.17) is 18.9 Å². The van der Waals surface area contributed by atoms with E-state index in [0.29, 0.717) is 13.2 Å². The normalized spacial score (nSPS) is 46.0. The Balaban J connectivity index is 2.08. The van der Waals surface area contributed by atoms with Crippen LogP contribution in [0.4, 0.5) is 0 Å². The van der Waals surface area contributed by atoms with Gasteiger partial charge in [-0.25, -0.2) is 0 Å². The van der Waals surface area contributed by atoms with Gasteiger partial charge in [0.1, 0.15) is 19.6 Å². The molecule has 0 N–H and O–H groups in total. The van der Waals surface area contributed by atoms with Crippen LogP contribution in [-0.4, -0.2) is 59.1 Å². The summed E-state index contributed by atoms with van der Waals surface area (Å²) in [5.74, 6) is 0. The lowest BCUT2D eigenvalue weighted by molar-refractivity contribution is -0.190. The molecule has 0 aromatic carbocycles. The summed E-state index contributed by atoms with van der Waals surface area (Å²) in [5, 5.41) is 0. The second kappa shape index (κ2) is 3.81. The molecule has 2 heterocycles. The third kappa shape index (κ3) is 1.48. The summed E-state index contributed by atoms with van der Waals surface area (Å²) in [4.78, 5) is 0. The Bertz CT molecular complexity index is 209. The van der Waals surface area contributed by atoms with Crippen molar-refractivity contribution in [2.45, 2.75) is 30.2 Å². The highest BCUT2D eigenvalue weighted by molar-refractivity contribution is 6.11. The molecule has 0 spiro atoms. The van der Waals surface area contributed by atoms with Crippen LogP contribution in [0.2, 0.25) is 0 Å². The summed E-state index contributed by atoms with van der Waals surface area (Å²) in [6.45, 7) is 1.16. The highest BCUT2D eigenvalue weighted by atomic mass is 16.6. The first-order chi connectivity index (χ1) is 6.72. The first-order valence-electron chi connectivity index (χ1n) is 5.03. The Labute approximate surface area is 85.3 Å². The van der Waals surface area contributed by atoms with Crippen molar-refractivity contribution in [2.24, 2.45) is 0 Å². The van der Waals surface area contributed by atoms with Crippen molar-refractivity contribution < 1.29 is 18.9 Å². The smallest absolute Gasteiger partial charge is 0.142 e. The molecule has 2 unspecified atom stereocenters. The van der Waals surface area contributed by atoms with Crippen LogP contribution in [0.1, 0.15) is 6.42 Å². The molecule has 4 nitrogen and oxygen atoms in total. The summed E-state index contributed by atoms with van der Waals surface area (Å²) in [6, 6.07) is 0.179. The zero-order valence-corrected chi connectivity index (χ0v) is 8.99. The second-order valence-corrected chi connectivity index (χ2v) is 4.14. The zero-order chi connectivity index (χ0) is 10.2. The van der Waals surface area contributed by atoms with E-state index in [1.165, 1.54) is 0 Å². The molecular weight excluding hydrogens is 183 g/mol. The Morgan fingerprint density at radius 1 is 1.43 bits per heavy atom. The molecule has 2 fully saturated rings. The van der Waals surface area contributed by atoms with E-state index in [9.17, 15) is 0 Å². The predicted octanol–water partition coefficient (Wildman–Crippen LogP) is -0.835. The molecule has 0 aromatic heterocycles. The van der Waals surface area contributed by atoms with Gasteiger partial charge in [0.05, 0.1) is 25.3 Å². The van der Waals surface area contributed by atoms with Gasteiger partial charge in [0.15, 0.2) is 0 Å². The summed E-state index contributed by atoms with van der Waals surface area (Å²) >= 11 is 0. The van der Waals surface area contributed by atoms with E-state index in [2.05, 4.69) is 0 Å². The molecule has 2 rings (SSSR count). The van der Waals surface area contributed by atoms with Crippen LogP contribution in [-0.2, 0) is 18.9 Å². The lowest BCUT2D eigenvalue weighted by Gasteiger charge is -2.35. The average Bonchev–Trinajstić information content (AvgIpc) is 2.60. The maximum Gasteiger partial charge on any atom is 0.142 e. The number of hydrogen-bond donors (Lipinski definition) is 0. The molecule has 0 aliphatic carbocycles. The molecule has 4 atom stereocenters. The lowest BCUT2D eigenvalue weighted by atomic mass is 9.93. The molecule has 2 aliphatic rings. The Kier molecular flexibility index (Phi) is 2.84. The van der Waals surface area contributed by atoms with Crippen LogP contribution in [0.25, 0.3) is 0 Å². The minimum absolute atomic E-state index is 0.0219. The molecule has 2 aliphatic heterocycles. The Morgan fingerprint density at radius 2 is 2.21 bits per heavy atom. The molecule has 2 saturated heterocycles. The van der Waals surface area contributed by atoms with Gasteiger partial charge in [-0.3, -0.25) is 0 Å². The van der Waals surface area contributed by atoms with E-state index in [1.54, 1.807) is 14.2 Å². The monoisotopic (exact) mass is 200 g/mol. The van der Waals surface area contributed by atoms with Crippen LogP contribution in [0, 0.1) is 0 Å². The SMILES string of the molecule is B[C@@H]1OC2(COC)C[C@@H]1OC2COC. The fourth-order valence-corrected chi connectivity index (χ4v) is 2.47. The van der Waals surface area contributed by atoms with E-state index in [-0.39, 0.29) is 23.8 Å². The minimum atomic E-state index is -0.269. The minimum Gasteiger partial charge on any atom is -0.382 e. The largest absolute Gasteiger partial charge is 0.382 e. The Hall–Kier alpha value is -0.0951. The fraction of sp³-hybridized carbons (Fsp3) is 1.00. The van der Waals surface area contributed by atoms with Gasteiger partial charge in [-0.1, -0.05) is 0 Å². The van der Waals surface area contributed by atoms with Crippen LogP contribution in [0.15, 0.2) is 0 Å². The van der Waals surface area contributed by atoms with Crippen LogP contribution in [0.3, 0.4) is 0 Å². The first kappa shape index (κ1) is 10.4. The van der Waals surface area contributed by atoms with Crippen molar-refractivity contribution in [1.82, 2.24) is 0 Å². The van der Waals surface area contributed by atoms with Crippen LogP contribution < -0.4 is 0 Å². The summed E-state index contributed by atoms with van der Waals surface area (Å²) in [6.07, 6.45) is 1.16. The molecule has 2 bridgehead atoms. The van der Waals surface area contributed by atoms with Gasteiger partial charge in [-0.05, 0) is 0 Å². The van der Waals surface area contributed by atoms with Crippen molar-refractivity contribution in [3.8, 4) is 0 Å². The van der Waals surface area contributed by atoms with Crippen molar-refractivity contribution in [3.05, 3.63) is 0 Å². The van der Waals surface area contributed by atoms with Crippen molar-refractivity contribution in [1.29, 1.82) is 0 Å². The predicted molar refractivity (Wildman–Crippen MR) is 53.2 cm³/mol. The maximum atomic E-state index is 5.92. The van der Waals surface area contributed by atoms with Gasteiger partial charge in [0, 0.05) is 20.6 Å². The molecular formula is C9H17BO4. The molecule has 80 valence electrons. The van der Waals surface area contributed by atoms with Crippen LogP contribution >= 0.6 is 0 Å². The van der Waals surface area contributed by atoms with Crippen molar-refractivity contribution in [2.75, 3.05) is 27.4 Å². The summed E-state index contributed by atoms with van der Waals surface area (Å²) < 4.78 is 22.1. The molecule has 0 radical (unpaired) electrons. The number of hydrogen-bond acceptors (Lipinski definition) is 4. The number of methoxy groups -OCH3 is 2. The van der Waals surface area contributed by atoms with Crippen molar-refractivity contribution in [3.63, 3.8) is 0 Å². The molecule has 0 amide bonds. The standard InChI is InChI=1S/C9H17BO4/c1-11-4-7-9(5-12-2)3-6(13-7)8(10)14-9/h6-8H,3-5,10H2,1-2H3/t6-,7?,8+,9?/m0/s1. The zero-order valence-electron chi connectivity index (χ0n) is 8.99. The third-order valence-electron chi connectivity index (χ3n) is 3.12. The van der Waals surface area contributed by atoms with Gasteiger partial charge >= 0.3 is 0 Å². The highest BCUT2D eigenvalue weighted by Gasteiger charge is 2.57. The quantitative estimate of drug-likeness (QED) is 0.555. The second-order valence-electron chi connectivity index (χ2n) is 4.14. The van der Waals surface area contributed by atoms with Gasteiger partial charge in [0.2, 0.25) is 0 Å². The maximum absolute atomic E-state index is 5.92. The lowest BCUT2D eigenvalue weighted by Crippen LogP contribution is -2.50. The third-order valence-corrected chi connectivity index (χ3v) is 3.12. The van der Waals surface area contributed by atoms with Gasteiger partial charge in [-0.15, -0.1) is 0 Å². The van der Waals surface area contributed by atoms with E-state index >= 15 is 0 Å². The van der Waals surface area contributed by atoms with Crippen molar-refractivity contribution >= 4 is 7.85 Å². The molecule has 14 heavy (non-hydrogen) atoms. The van der Waals surface area contributed by atoms with Gasteiger partial charge < -0.3 is 18.9 Å². The van der Waals surface area contributed by atoms with E-state index in [1.807, 2.05) is 7.85 Å². The van der Waals surface area contributed by atoms with Crippen LogP contribution in [0.5, 0.6) is 0 Å². The van der Waals surface area contributed by atoms with Gasteiger partial charge in [-0.2, -0.15) is 0 Å².